The highest BCUT2D eigenvalue weighted by molar-refractivity contribution is 7.12. The molecule has 1 heterocycles. The number of hydrogen-bond donors (Lipinski definition) is 1. The Morgan fingerprint density at radius 3 is 2.17 bits per heavy atom. The Balaban J connectivity index is 2.48. The van der Waals surface area contributed by atoms with E-state index in [1.54, 1.807) is 0 Å². The fraction of sp³-hybridized carbons (Fsp3) is 0.733. The second-order valence-corrected chi connectivity index (χ2v) is 7.99. The van der Waals surface area contributed by atoms with Gasteiger partial charge in [-0.3, -0.25) is 0 Å². The molecule has 1 rings (SSSR count). The number of thiophene rings is 1. The number of hydrogen-bond acceptors (Lipinski definition) is 3. The Morgan fingerprint density at radius 1 is 1.11 bits per heavy atom. The van der Waals surface area contributed by atoms with Crippen LogP contribution >= 0.6 is 11.3 Å². The first-order valence-corrected chi connectivity index (χ1v) is 7.42. The Hall–Kier alpha value is -0.380. The first-order valence-electron chi connectivity index (χ1n) is 6.60. The van der Waals surface area contributed by atoms with E-state index in [4.69, 9.17) is 0 Å². The molecule has 2 nitrogen and oxygen atoms in total. The average molecular weight is 268 g/mol. The summed E-state index contributed by atoms with van der Waals surface area (Å²) >= 11 is 1.92. The molecule has 0 fully saturated rings. The zero-order valence-electron chi connectivity index (χ0n) is 12.9. The van der Waals surface area contributed by atoms with Crippen LogP contribution in [0.2, 0.25) is 0 Å². The first-order chi connectivity index (χ1) is 8.13. The van der Waals surface area contributed by atoms with Gasteiger partial charge in [-0.2, -0.15) is 0 Å². The van der Waals surface area contributed by atoms with Gasteiger partial charge in [-0.1, -0.05) is 20.8 Å². The monoisotopic (exact) mass is 268 g/mol. The van der Waals surface area contributed by atoms with Crippen LogP contribution in [-0.4, -0.2) is 31.1 Å². The lowest BCUT2D eigenvalue weighted by Gasteiger charge is -2.32. The van der Waals surface area contributed by atoms with Crippen LogP contribution in [0, 0.1) is 0 Å². The van der Waals surface area contributed by atoms with Crippen molar-refractivity contribution >= 4 is 11.3 Å². The van der Waals surface area contributed by atoms with E-state index in [2.05, 4.69) is 71.1 Å². The van der Waals surface area contributed by atoms with Gasteiger partial charge in [0.15, 0.2) is 0 Å². The topological polar surface area (TPSA) is 15.3 Å². The zero-order chi connectivity index (χ0) is 14.0. The maximum Gasteiger partial charge on any atom is 0.0300 e. The molecule has 0 saturated heterocycles. The summed E-state index contributed by atoms with van der Waals surface area (Å²) in [6.07, 6.45) is 0. The molecule has 1 aromatic heterocycles. The van der Waals surface area contributed by atoms with Gasteiger partial charge in [0.1, 0.15) is 0 Å². The molecule has 0 amide bonds. The third kappa shape index (κ3) is 4.38. The van der Waals surface area contributed by atoms with Gasteiger partial charge in [0, 0.05) is 28.4 Å². The molecule has 0 aliphatic heterocycles. The minimum atomic E-state index is 0.199. The molecule has 104 valence electrons. The molecule has 0 aliphatic rings. The summed E-state index contributed by atoms with van der Waals surface area (Å²) in [5.41, 5.74) is 0.468. The lowest BCUT2D eigenvalue weighted by Crippen LogP contribution is -2.46. The Morgan fingerprint density at radius 2 is 1.72 bits per heavy atom. The van der Waals surface area contributed by atoms with E-state index in [1.165, 1.54) is 9.75 Å². The Labute approximate surface area is 116 Å². The Bertz CT molecular complexity index is 372. The fourth-order valence-electron chi connectivity index (χ4n) is 1.53. The summed E-state index contributed by atoms with van der Waals surface area (Å²) in [6.45, 7) is 13.3. The van der Waals surface area contributed by atoms with Crippen molar-refractivity contribution in [2.24, 2.45) is 0 Å². The number of likely N-dealkylation sites (N-methyl/N-ethyl adjacent to an activating group) is 1. The predicted molar refractivity (Wildman–Crippen MR) is 82.5 cm³/mol. The molecule has 0 spiro atoms. The summed E-state index contributed by atoms with van der Waals surface area (Å²) in [5.74, 6) is 0. The molecule has 0 saturated carbocycles. The lowest BCUT2D eigenvalue weighted by atomic mass is 9.95. The van der Waals surface area contributed by atoms with E-state index in [0.29, 0.717) is 0 Å². The van der Waals surface area contributed by atoms with Crippen molar-refractivity contribution in [2.75, 3.05) is 20.6 Å². The van der Waals surface area contributed by atoms with E-state index in [-0.39, 0.29) is 11.0 Å². The van der Waals surface area contributed by atoms with E-state index in [9.17, 15) is 0 Å². The van der Waals surface area contributed by atoms with Gasteiger partial charge in [0.05, 0.1) is 0 Å². The van der Waals surface area contributed by atoms with Crippen LogP contribution in [0.3, 0.4) is 0 Å². The molecule has 0 aliphatic carbocycles. The molecule has 1 N–H and O–H groups in total. The lowest BCUT2D eigenvalue weighted by molar-refractivity contribution is 0.190. The number of rotatable bonds is 5. The second kappa shape index (κ2) is 5.72. The van der Waals surface area contributed by atoms with Crippen LogP contribution in [-0.2, 0) is 12.0 Å². The van der Waals surface area contributed by atoms with E-state index >= 15 is 0 Å². The molecule has 3 heteroatoms. The van der Waals surface area contributed by atoms with Gasteiger partial charge in [-0.25, -0.2) is 0 Å². The van der Waals surface area contributed by atoms with Crippen molar-refractivity contribution in [3.8, 4) is 0 Å². The molecule has 0 atom stereocenters. The normalized spacial score (nSPS) is 13.3. The number of nitrogens with one attached hydrogen (secondary N) is 1. The van der Waals surface area contributed by atoms with Gasteiger partial charge in [-0.15, -0.1) is 11.3 Å². The highest BCUT2D eigenvalue weighted by Crippen LogP contribution is 2.29. The second-order valence-electron chi connectivity index (χ2n) is 6.83. The zero-order valence-corrected chi connectivity index (χ0v) is 13.7. The summed E-state index contributed by atoms with van der Waals surface area (Å²) < 4.78 is 0. The molecule has 0 aromatic carbocycles. The molecular formula is C15H28N2S. The minimum Gasteiger partial charge on any atom is -0.310 e. The van der Waals surface area contributed by atoms with Crippen molar-refractivity contribution in [1.82, 2.24) is 10.2 Å². The van der Waals surface area contributed by atoms with Crippen LogP contribution in [0.4, 0.5) is 0 Å². The Kier molecular flexibility index (Phi) is 4.98. The van der Waals surface area contributed by atoms with E-state index < -0.39 is 0 Å². The van der Waals surface area contributed by atoms with Crippen molar-refractivity contribution in [1.29, 1.82) is 0 Å². The maximum absolute atomic E-state index is 3.56. The fourth-order valence-corrected chi connectivity index (χ4v) is 2.56. The quantitative estimate of drug-likeness (QED) is 0.879. The smallest absolute Gasteiger partial charge is 0.0300 e. The van der Waals surface area contributed by atoms with Crippen LogP contribution in [0.1, 0.15) is 44.4 Å². The van der Waals surface area contributed by atoms with Crippen molar-refractivity contribution in [2.45, 2.75) is 52.1 Å². The standard InChI is InChI=1S/C15H28N2S/c1-14(2,3)13-9-8-12(18-13)10-16-11-15(4,5)17(6)7/h8-9,16H,10-11H2,1-7H3. The van der Waals surface area contributed by atoms with Gasteiger partial charge < -0.3 is 10.2 Å². The van der Waals surface area contributed by atoms with Crippen molar-refractivity contribution in [3.63, 3.8) is 0 Å². The largest absolute Gasteiger partial charge is 0.310 e. The van der Waals surface area contributed by atoms with Crippen LogP contribution in [0.25, 0.3) is 0 Å². The van der Waals surface area contributed by atoms with E-state index in [1.807, 2.05) is 11.3 Å². The van der Waals surface area contributed by atoms with Crippen molar-refractivity contribution in [3.05, 3.63) is 21.9 Å². The van der Waals surface area contributed by atoms with Crippen LogP contribution in [0.15, 0.2) is 12.1 Å². The van der Waals surface area contributed by atoms with Crippen LogP contribution in [0.5, 0.6) is 0 Å². The van der Waals surface area contributed by atoms with Crippen LogP contribution < -0.4 is 5.32 Å². The van der Waals surface area contributed by atoms with Crippen molar-refractivity contribution < 1.29 is 0 Å². The highest BCUT2D eigenvalue weighted by Gasteiger charge is 2.20. The molecule has 1 aromatic rings. The first kappa shape index (κ1) is 15.7. The summed E-state index contributed by atoms with van der Waals surface area (Å²) in [5, 5.41) is 3.56. The number of nitrogens with zero attached hydrogens (tertiary/aromatic N) is 1. The summed E-state index contributed by atoms with van der Waals surface area (Å²) in [7, 11) is 4.26. The third-order valence-electron chi connectivity index (χ3n) is 3.47. The molecule has 0 radical (unpaired) electrons. The summed E-state index contributed by atoms with van der Waals surface area (Å²) in [6, 6.07) is 4.51. The highest BCUT2D eigenvalue weighted by atomic mass is 32.1. The van der Waals surface area contributed by atoms with Gasteiger partial charge in [0.2, 0.25) is 0 Å². The average Bonchev–Trinajstić information content (AvgIpc) is 2.65. The van der Waals surface area contributed by atoms with Gasteiger partial charge in [-0.05, 0) is 45.5 Å². The van der Waals surface area contributed by atoms with Gasteiger partial charge in [0.25, 0.3) is 0 Å². The molecule has 18 heavy (non-hydrogen) atoms. The van der Waals surface area contributed by atoms with E-state index in [0.717, 1.165) is 13.1 Å². The minimum absolute atomic E-state index is 0.199. The molecule has 0 bridgehead atoms. The molecule has 0 unspecified atom stereocenters. The predicted octanol–water partition coefficient (Wildman–Crippen LogP) is 3.48. The van der Waals surface area contributed by atoms with Gasteiger partial charge >= 0.3 is 0 Å². The third-order valence-corrected chi connectivity index (χ3v) is 4.98. The SMILES string of the molecule is CN(C)C(C)(C)CNCc1ccc(C(C)(C)C)s1. The molecular weight excluding hydrogens is 240 g/mol. The summed E-state index contributed by atoms with van der Waals surface area (Å²) in [4.78, 5) is 5.15. The maximum atomic E-state index is 3.56.